The molecule has 13 heavy (non-hydrogen) atoms. The summed E-state index contributed by atoms with van der Waals surface area (Å²) in [7, 11) is 1.58. The average Bonchev–Trinajstić information content (AvgIpc) is 2.02. The highest BCUT2D eigenvalue weighted by Crippen LogP contribution is 2.30. The SMILES string of the molecule is COc1cc(Br)c(C(C)=O)c(Br)c1. The molecule has 0 bridgehead atoms. The van der Waals surface area contributed by atoms with Gasteiger partial charge in [-0.25, -0.2) is 0 Å². The number of rotatable bonds is 2. The maximum absolute atomic E-state index is 11.2. The van der Waals surface area contributed by atoms with E-state index in [4.69, 9.17) is 4.74 Å². The van der Waals surface area contributed by atoms with Crippen molar-refractivity contribution in [1.29, 1.82) is 0 Å². The number of carbonyl (C=O) groups is 1. The Kier molecular flexibility index (Phi) is 3.50. The van der Waals surface area contributed by atoms with Crippen LogP contribution in [0.15, 0.2) is 21.1 Å². The lowest BCUT2D eigenvalue weighted by Crippen LogP contribution is -1.96. The molecule has 2 nitrogen and oxygen atoms in total. The second kappa shape index (κ2) is 4.24. The van der Waals surface area contributed by atoms with Gasteiger partial charge in [-0.2, -0.15) is 0 Å². The molecular formula is C9H8Br2O2. The van der Waals surface area contributed by atoms with Gasteiger partial charge in [-0.3, -0.25) is 4.79 Å². The van der Waals surface area contributed by atoms with E-state index in [1.165, 1.54) is 6.92 Å². The maximum Gasteiger partial charge on any atom is 0.162 e. The second-order valence-electron chi connectivity index (χ2n) is 2.52. The molecule has 4 heteroatoms. The van der Waals surface area contributed by atoms with Gasteiger partial charge in [0.1, 0.15) is 5.75 Å². The normalized spacial score (nSPS) is 9.85. The zero-order valence-corrected chi connectivity index (χ0v) is 10.4. The highest BCUT2D eigenvalue weighted by atomic mass is 79.9. The first-order valence-electron chi connectivity index (χ1n) is 3.60. The first-order chi connectivity index (χ1) is 6.06. The van der Waals surface area contributed by atoms with E-state index >= 15 is 0 Å². The number of hydrogen-bond donors (Lipinski definition) is 0. The number of ether oxygens (including phenoxy) is 1. The van der Waals surface area contributed by atoms with Crippen molar-refractivity contribution in [3.63, 3.8) is 0 Å². The van der Waals surface area contributed by atoms with Crippen LogP contribution in [-0.4, -0.2) is 12.9 Å². The number of hydrogen-bond acceptors (Lipinski definition) is 2. The zero-order valence-electron chi connectivity index (χ0n) is 7.23. The predicted molar refractivity (Wildman–Crippen MR) is 58.4 cm³/mol. The lowest BCUT2D eigenvalue weighted by Gasteiger charge is -2.06. The van der Waals surface area contributed by atoms with Gasteiger partial charge in [0.2, 0.25) is 0 Å². The molecule has 0 aliphatic carbocycles. The number of benzene rings is 1. The van der Waals surface area contributed by atoms with Crippen molar-refractivity contribution in [1.82, 2.24) is 0 Å². The van der Waals surface area contributed by atoms with Crippen LogP contribution in [0.5, 0.6) is 5.75 Å². The third-order valence-electron chi connectivity index (χ3n) is 1.60. The minimum atomic E-state index is 0.0152. The van der Waals surface area contributed by atoms with Gasteiger partial charge in [0.05, 0.1) is 7.11 Å². The molecule has 0 heterocycles. The molecule has 0 radical (unpaired) electrons. The minimum absolute atomic E-state index is 0.0152. The van der Waals surface area contributed by atoms with Crippen LogP contribution in [0.3, 0.4) is 0 Å². The van der Waals surface area contributed by atoms with Gasteiger partial charge in [0.25, 0.3) is 0 Å². The maximum atomic E-state index is 11.2. The molecule has 0 fully saturated rings. The summed E-state index contributed by atoms with van der Waals surface area (Å²) in [4.78, 5) is 11.2. The van der Waals surface area contributed by atoms with E-state index in [0.717, 1.165) is 8.95 Å². The Morgan fingerprint density at radius 1 is 1.31 bits per heavy atom. The van der Waals surface area contributed by atoms with Gasteiger partial charge in [0.15, 0.2) is 5.78 Å². The highest BCUT2D eigenvalue weighted by Gasteiger charge is 2.11. The molecule has 0 aromatic heterocycles. The quantitative estimate of drug-likeness (QED) is 0.783. The van der Waals surface area contributed by atoms with E-state index in [0.29, 0.717) is 11.3 Å². The Labute approximate surface area is 93.5 Å². The molecule has 1 aromatic carbocycles. The second-order valence-corrected chi connectivity index (χ2v) is 4.23. The summed E-state index contributed by atoms with van der Waals surface area (Å²) in [6.45, 7) is 1.53. The molecule has 0 saturated heterocycles. The van der Waals surface area contributed by atoms with E-state index in [-0.39, 0.29) is 5.78 Å². The predicted octanol–water partition coefficient (Wildman–Crippen LogP) is 3.42. The Hall–Kier alpha value is -0.350. The van der Waals surface area contributed by atoms with Gasteiger partial charge < -0.3 is 4.74 Å². The van der Waals surface area contributed by atoms with Crippen molar-refractivity contribution in [2.75, 3.05) is 7.11 Å². The van der Waals surface area contributed by atoms with E-state index in [2.05, 4.69) is 31.9 Å². The van der Waals surface area contributed by atoms with Gasteiger partial charge in [-0.1, -0.05) is 0 Å². The molecule has 70 valence electrons. The molecule has 1 aromatic rings. The van der Waals surface area contributed by atoms with E-state index < -0.39 is 0 Å². The summed E-state index contributed by atoms with van der Waals surface area (Å²) in [5.41, 5.74) is 0.640. The first-order valence-corrected chi connectivity index (χ1v) is 5.19. The highest BCUT2D eigenvalue weighted by molar-refractivity contribution is 9.11. The smallest absolute Gasteiger partial charge is 0.162 e. The largest absolute Gasteiger partial charge is 0.497 e. The van der Waals surface area contributed by atoms with Crippen LogP contribution in [0.4, 0.5) is 0 Å². The van der Waals surface area contributed by atoms with Gasteiger partial charge >= 0.3 is 0 Å². The number of carbonyl (C=O) groups excluding carboxylic acids is 1. The van der Waals surface area contributed by atoms with Gasteiger partial charge in [-0.15, -0.1) is 0 Å². The molecular weight excluding hydrogens is 300 g/mol. The molecule has 0 aliphatic rings. The third-order valence-corrected chi connectivity index (χ3v) is 2.85. The Balaban J connectivity index is 3.31. The Morgan fingerprint density at radius 2 is 1.77 bits per heavy atom. The fourth-order valence-corrected chi connectivity index (χ4v) is 2.71. The lowest BCUT2D eigenvalue weighted by molar-refractivity contribution is 0.101. The topological polar surface area (TPSA) is 26.3 Å². The molecule has 0 N–H and O–H groups in total. The summed E-state index contributed by atoms with van der Waals surface area (Å²) in [6, 6.07) is 3.53. The van der Waals surface area contributed by atoms with Crippen molar-refractivity contribution in [3.8, 4) is 5.75 Å². The van der Waals surface area contributed by atoms with Crippen LogP contribution in [0.1, 0.15) is 17.3 Å². The van der Waals surface area contributed by atoms with Gasteiger partial charge in [0, 0.05) is 14.5 Å². The van der Waals surface area contributed by atoms with Crippen LogP contribution in [0.2, 0.25) is 0 Å². The first kappa shape index (κ1) is 10.7. The number of halogens is 2. The molecule has 0 atom stereocenters. The van der Waals surface area contributed by atoms with Crippen molar-refractivity contribution >= 4 is 37.6 Å². The van der Waals surface area contributed by atoms with Crippen LogP contribution in [-0.2, 0) is 0 Å². The third kappa shape index (κ3) is 2.31. The minimum Gasteiger partial charge on any atom is -0.497 e. The summed E-state index contributed by atoms with van der Waals surface area (Å²) in [6.07, 6.45) is 0. The van der Waals surface area contributed by atoms with Crippen LogP contribution < -0.4 is 4.74 Å². The van der Waals surface area contributed by atoms with Crippen molar-refractivity contribution < 1.29 is 9.53 Å². The molecule has 0 amide bonds. The van der Waals surface area contributed by atoms with Crippen molar-refractivity contribution in [2.24, 2.45) is 0 Å². The average molecular weight is 308 g/mol. The molecule has 0 unspecified atom stereocenters. The standard InChI is InChI=1S/C9H8Br2O2/c1-5(12)9-7(10)3-6(13-2)4-8(9)11/h3-4H,1-2H3. The fraction of sp³-hybridized carbons (Fsp3) is 0.222. The number of methoxy groups -OCH3 is 1. The summed E-state index contributed by atoms with van der Waals surface area (Å²) < 4.78 is 6.52. The molecule has 1 rings (SSSR count). The summed E-state index contributed by atoms with van der Waals surface area (Å²) in [5.74, 6) is 0.727. The molecule has 0 aliphatic heterocycles. The van der Waals surface area contributed by atoms with Crippen molar-refractivity contribution in [2.45, 2.75) is 6.92 Å². The summed E-state index contributed by atoms with van der Waals surface area (Å²) in [5, 5.41) is 0. The number of Topliss-reactive ketones (excluding diaryl/α,β-unsaturated/α-hetero) is 1. The summed E-state index contributed by atoms with van der Waals surface area (Å²) >= 11 is 6.62. The van der Waals surface area contributed by atoms with Crippen LogP contribution in [0.25, 0.3) is 0 Å². The Morgan fingerprint density at radius 3 is 2.08 bits per heavy atom. The van der Waals surface area contributed by atoms with E-state index in [9.17, 15) is 4.79 Å². The van der Waals surface area contributed by atoms with Gasteiger partial charge in [-0.05, 0) is 50.9 Å². The zero-order chi connectivity index (χ0) is 10.0. The molecule has 0 spiro atoms. The molecule has 0 saturated carbocycles. The monoisotopic (exact) mass is 306 g/mol. The van der Waals surface area contributed by atoms with Crippen molar-refractivity contribution in [3.05, 3.63) is 26.6 Å². The lowest BCUT2D eigenvalue weighted by atomic mass is 10.1. The number of ketones is 1. The fourth-order valence-electron chi connectivity index (χ4n) is 1.00. The van der Waals surface area contributed by atoms with Crippen LogP contribution >= 0.6 is 31.9 Å². The van der Waals surface area contributed by atoms with E-state index in [1.54, 1.807) is 19.2 Å². The van der Waals surface area contributed by atoms with Crippen LogP contribution in [0, 0.1) is 0 Å². The van der Waals surface area contributed by atoms with E-state index in [1.807, 2.05) is 0 Å². The Bertz CT molecular complexity index is 324.